The maximum atomic E-state index is 5.82. The molecule has 1 aliphatic heterocycles. The Morgan fingerprint density at radius 3 is 2.86 bits per heavy atom. The number of aromatic nitrogens is 2. The molecule has 0 aliphatic carbocycles. The van der Waals surface area contributed by atoms with Crippen molar-refractivity contribution < 1.29 is 0 Å². The third-order valence-corrected chi connectivity index (χ3v) is 5.15. The molecular formula is C15H23N5S. The number of nitrogens with two attached hydrogens (primary N) is 1. The molecule has 0 amide bonds. The Morgan fingerprint density at radius 2 is 2.10 bits per heavy atom. The standard InChI is InChI=1S/C15H23N5S/c1-2-11-10-12-13(18-15(16)19-14(12)21-11)17-6-9-20-7-4-3-5-8-20/h10H,2-9H2,1H3,(H3,16,17,18,19). The third-order valence-electron chi connectivity index (χ3n) is 3.98. The van der Waals surface area contributed by atoms with Crippen molar-refractivity contribution in [2.45, 2.75) is 32.6 Å². The largest absolute Gasteiger partial charge is 0.368 e. The lowest BCUT2D eigenvalue weighted by Gasteiger charge is -2.26. The van der Waals surface area contributed by atoms with Gasteiger partial charge in [0.15, 0.2) is 0 Å². The van der Waals surface area contributed by atoms with Gasteiger partial charge in [0, 0.05) is 18.0 Å². The average Bonchev–Trinajstić information content (AvgIpc) is 2.91. The van der Waals surface area contributed by atoms with Crippen molar-refractivity contribution in [1.82, 2.24) is 14.9 Å². The second kappa shape index (κ2) is 6.58. The zero-order valence-corrected chi connectivity index (χ0v) is 13.4. The number of hydrogen-bond donors (Lipinski definition) is 2. The number of aryl methyl sites for hydroxylation is 1. The first-order valence-electron chi connectivity index (χ1n) is 7.78. The van der Waals surface area contributed by atoms with Crippen LogP contribution < -0.4 is 11.1 Å². The summed E-state index contributed by atoms with van der Waals surface area (Å²) in [7, 11) is 0. The summed E-state index contributed by atoms with van der Waals surface area (Å²) in [4.78, 5) is 13.5. The zero-order chi connectivity index (χ0) is 14.7. The molecule has 0 atom stereocenters. The zero-order valence-electron chi connectivity index (χ0n) is 12.6. The van der Waals surface area contributed by atoms with Crippen LogP contribution in [0.15, 0.2) is 6.07 Å². The summed E-state index contributed by atoms with van der Waals surface area (Å²) in [5.41, 5.74) is 5.82. The second-order valence-electron chi connectivity index (χ2n) is 5.54. The minimum Gasteiger partial charge on any atom is -0.368 e. The van der Waals surface area contributed by atoms with Crippen LogP contribution in [0, 0.1) is 0 Å². The maximum absolute atomic E-state index is 5.82. The predicted molar refractivity (Wildman–Crippen MR) is 90.0 cm³/mol. The van der Waals surface area contributed by atoms with Crippen LogP contribution >= 0.6 is 11.3 Å². The van der Waals surface area contributed by atoms with Crippen molar-refractivity contribution >= 4 is 33.3 Å². The van der Waals surface area contributed by atoms with Crippen LogP contribution in [-0.2, 0) is 6.42 Å². The number of thiophene rings is 1. The molecule has 0 bridgehead atoms. The minimum absolute atomic E-state index is 0.354. The van der Waals surface area contributed by atoms with Gasteiger partial charge in [-0.1, -0.05) is 13.3 Å². The lowest BCUT2D eigenvalue weighted by atomic mass is 10.1. The fraction of sp³-hybridized carbons (Fsp3) is 0.600. The molecule has 1 aliphatic rings. The van der Waals surface area contributed by atoms with Gasteiger partial charge in [0.05, 0.1) is 5.39 Å². The molecule has 0 radical (unpaired) electrons. The number of piperidine rings is 1. The van der Waals surface area contributed by atoms with E-state index in [1.807, 2.05) is 0 Å². The maximum Gasteiger partial charge on any atom is 0.223 e. The highest BCUT2D eigenvalue weighted by molar-refractivity contribution is 7.18. The summed E-state index contributed by atoms with van der Waals surface area (Å²) in [5.74, 6) is 1.23. The van der Waals surface area contributed by atoms with Crippen molar-refractivity contribution in [1.29, 1.82) is 0 Å². The molecule has 3 N–H and O–H groups in total. The Kier molecular flexibility index (Phi) is 4.55. The second-order valence-corrected chi connectivity index (χ2v) is 6.66. The molecule has 3 heterocycles. The summed E-state index contributed by atoms with van der Waals surface area (Å²) in [6.45, 7) is 6.58. The molecule has 0 aromatic carbocycles. The average molecular weight is 305 g/mol. The van der Waals surface area contributed by atoms with Crippen molar-refractivity contribution in [3.8, 4) is 0 Å². The van der Waals surface area contributed by atoms with Gasteiger partial charge in [0.25, 0.3) is 0 Å². The molecule has 6 heteroatoms. The molecule has 0 unspecified atom stereocenters. The molecule has 114 valence electrons. The predicted octanol–water partition coefficient (Wildman–Crippen LogP) is 2.73. The minimum atomic E-state index is 0.354. The first-order valence-corrected chi connectivity index (χ1v) is 8.60. The van der Waals surface area contributed by atoms with Crippen LogP contribution in [0.4, 0.5) is 11.8 Å². The summed E-state index contributed by atoms with van der Waals surface area (Å²) < 4.78 is 0. The van der Waals surface area contributed by atoms with E-state index >= 15 is 0 Å². The number of anilines is 2. The van der Waals surface area contributed by atoms with Crippen LogP contribution in [0.5, 0.6) is 0 Å². The Morgan fingerprint density at radius 1 is 1.29 bits per heavy atom. The first kappa shape index (κ1) is 14.5. The summed E-state index contributed by atoms with van der Waals surface area (Å²) in [5, 5.41) is 4.55. The van der Waals surface area contributed by atoms with E-state index in [1.54, 1.807) is 11.3 Å². The van der Waals surface area contributed by atoms with Crippen molar-refractivity contribution in [2.75, 3.05) is 37.2 Å². The topological polar surface area (TPSA) is 67.1 Å². The normalized spacial score (nSPS) is 16.4. The number of rotatable bonds is 5. The van der Waals surface area contributed by atoms with Gasteiger partial charge in [-0.3, -0.25) is 0 Å². The van der Waals surface area contributed by atoms with E-state index in [1.165, 1.54) is 37.2 Å². The summed E-state index contributed by atoms with van der Waals surface area (Å²) >= 11 is 1.71. The molecule has 1 saturated heterocycles. The smallest absolute Gasteiger partial charge is 0.223 e. The van der Waals surface area contributed by atoms with Crippen LogP contribution in [0.1, 0.15) is 31.1 Å². The van der Waals surface area contributed by atoms with Gasteiger partial charge < -0.3 is 16.0 Å². The third kappa shape index (κ3) is 3.44. The van der Waals surface area contributed by atoms with Gasteiger partial charge >= 0.3 is 0 Å². The molecule has 2 aromatic heterocycles. The van der Waals surface area contributed by atoms with Crippen LogP contribution in [0.3, 0.4) is 0 Å². The Hall–Kier alpha value is -1.40. The van der Waals surface area contributed by atoms with Gasteiger partial charge in [-0.25, -0.2) is 4.98 Å². The number of nitrogens with zero attached hydrogens (tertiary/aromatic N) is 3. The fourth-order valence-electron chi connectivity index (χ4n) is 2.81. The molecule has 1 fully saturated rings. The lowest BCUT2D eigenvalue weighted by Crippen LogP contribution is -2.33. The molecule has 0 spiro atoms. The van der Waals surface area contributed by atoms with Crippen molar-refractivity contribution in [3.05, 3.63) is 10.9 Å². The highest BCUT2D eigenvalue weighted by atomic mass is 32.1. The molecule has 3 rings (SSSR count). The number of likely N-dealkylation sites (tertiary alicyclic amines) is 1. The molecule has 21 heavy (non-hydrogen) atoms. The quantitative estimate of drug-likeness (QED) is 0.889. The Bertz CT molecular complexity index is 603. The Labute approximate surface area is 129 Å². The van der Waals surface area contributed by atoms with E-state index in [0.717, 1.165) is 35.5 Å². The van der Waals surface area contributed by atoms with Crippen LogP contribution in [0.25, 0.3) is 10.2 Å². The number of nitrogen functional groups attached to an aromatic ring is 1. The van der Waals surface area contributed by atoms with Gasteiger partial charge in [-0.2, -0.15) is 4.98 Å². The Balaban J connectivity index is 1.69. The van der Waals surface area contributed by atoms with E-state index < -0.39 is 0 Å². The van der Waals surface area contributed by atoms with E-state index in [4.69, 9.17) is 5.73 Å². The molecule has 2 aromatic rings. The highest BCUT2D eigenvalue weighted by Crippen LogP contribution is 2.29. The monoisotopic (exact) mass is 305 g/mol. The number of hydrogen-bond acceptors (Lipinski definition) is 6. The van der Waals surface area contributed by atoms with E-state index in [-0.39, 0.29) is 0 Å². The van der Waals surface area contributed by atoms with Gasteiger partial charge in [-0.15, -0.1) is 11.3 Å². The molecular weight excluding hydrogens is 282 g/mol. The van der Waals surface area contributed by atoms with E-state index in [9.17, 15) is 0 Å². The van der Waals surface area contributed by atoms with Gasteiger partial charge in [-0.05, 0) is 38.4 Å². The van der Waals surface area contributed by atoms with Crippen LogP contribution in [-0.4, -0.2) is 41.0 Å². The van der Waals surface area contributed by atoms with Gasteiger partial charge in [0.1, 0.15) is 10.6 Å². The van der Waals surface area contributed by atoms with E-state index in [2.05, 4.69) is 33.2 Å². The number of nitrogens with one attached hydrogen (secondary N) is 1. The SMILES string of the molecule is CCc1cc2c(NCCN3CCCCC3)nc(N)nc2s1. The molecule has 5 nitrogen and oxygen atoms in total. The summed E-state index contributed by atoms with van der Waals surface area (Å²) in [6, 6.07) is 2.18. The first-order chi connectivity index (χ1) is 10.3. The fourth-order valence-corrected chi connectivity index (χ4v) is 3.79. The molecule has 0 saturated carbocycles. The number of fused-ring (bicyclic) bond motifs is 1. The van der Waals surface area contributed by atoms with Crippen molar-refractivity contribution in [2.24, 2.45) is 0 Å². The lowest BCUT2D eigenvalue weighted by molar-refractivity contribution is 0.237. The van der Waals surface area contributed by atoms with Crippen LogP contribution in [0.2, 0.25) is 0 Å². The highest BCUT2D eigenvalue weighted by Gasteiger charge is 2.12. The summed E-state index contributed by atoms with van der Waals surface area (Å²) in [6.07, 6.45) is 5.06. The van der Waals surface area contributed by atoms with E-state index in [0.29, 0.717) is 5.95 Å². The van der Waals surface area contributed by atoms with Crippen molar-refractivity contribution in [3.63, 3.8) is 0 Å². The van der Waals surface area contributed by atoms with Gasteiger partial charge in [0.2, 0.25) is 5.95 Å².